The van der Waals surface area contributed by atoms with E-state index in [2.05, 4.69) is 20.0 Å². The van der Waals surface area contributed by atoms with Gasteiger partial charge in [-0.3, -0.25) is 0 Å². The van der Waals surface area contributed by atoms with Crippen LogP contribution in [0.5, 0.6) is 0 Å². The van der Waals surface area contributed by atoms with Gasteiger partial charge in [-0.15, -0.1) is 0 Å². The summed E-state index contributed by atoms with van der Waals surface area (Å²) in [6.45, 7) is 3.72. The van der Waals surface area contributed by atoms with E-state index in [0.29, 0.717) is 12.2 Å². The summed E-state index contributed by atoms with van der Waals surface area (Å²) < 4.78 is 25.1. The van der Waals surface area contributed by atoms with Crippen molar-refractivity contribution in [1.29, 1.82) is 0 Å². The van der Waals surface area contributed by atoms with Gasteiger partial charge in [0.05, 0.1) is 17.0 Å². The van der Waals surface area contributed by atoms with E-state index in [9.17, 15) is 13.2 Å². The Morgan fingerprint density at radius 2 is 2.16 bits per heavy atom. The largest absolute Gasteiger partial charge is 0.478 e. The Hall–Kier alpha value is -1.74. The first kappa shape index (κ1) is 15.3. The van der Waals surface area contributed by atoms with Crippen molar-refractivity contribution in [2.24, 2.45) is 0 Å². The van der Waals surface area contributed by atoms with Crippen LogP contribution in [-0.4, -0.2) is 48.3 Å². The van der Waals surface area contributed by atoms with E-state index in [1.165, 1.54) is 6.20 Å². The van der Waals surface area contributed by atoms with Crippen LogP contribution in [0.1, 0.15) is 23.0 Å². The number of rotatable bonds is 7. The molecule has 0 aliphatic carbocycles. The molecule has 1 aromatic rings. The van der Waals surface area contributed by atoms with Gasteiger partial charge in [0.15, 0.2) is 0 Å². The lowest BCUT2D eigenvalue weighted by molar-refractivity contribution is 0.0695. The first-order valence-electron chi connectivity index (χ1n) is 5.64. The number of sulfonamides is 1. The van der Waals surface area contributed by atoms with Gasteiger partial charge in [-0.25, -0.2) is 27.9 Å². The van der Waals surface area contributed by atoms with E-state index < -0.39 is 16.0 Å². The van der Waals surface area contributed by atoms with Crippen molar-refractivity contribution in [2.45, 2.75) is 13.8 Å². The lowest BCUT2D eigenvalue weighted by Crippen LogP contribution is -2.29. The summed E-state index contributed by atoms with van der Waals surface area (Å²) in [7, 11) is -3.30. The highest BCUT2D eigenvalue weighted by molar-refractivity contribution is 7.89. The Kier molecular flexibility index (Phi) is 5.19. The number of hydrogen-bond donors (Lipinski definition) is 3. The van der Waals surface area contributed by atoms with Gasteiger partial charge in [-0.2, -0.15) is 0 Å². The van der Waals surface area contributed by atoms with Gasteiger partial charge in [0.1, 0.15) is 0 Å². The minimum atomic E-state index is -3.30. The molecule has 0 bridgehead atoms. The van der Waals surface area contributed by atoms with Crippen LogP contribution in [0.4, 0.5) is 5.95 Å². The number of carboxylic acid groups (broad SMARTS) is 1. The third-order valence-corrected chi connectivity index (χ3v) is 3.70. The summed E-state index contributed by atoms with van der Waals surface area (Å²) in [5.41, 5.74) is 0.338. The summed E-state index contributed by atoms with van der Waals surface area (Å²) in [4.78, 5) is 18.5. The van der Waals surface area contributed by atoms with E-state index >= 15 is 0 Å². The number of aromatic nitrogens is 2. The molecule has 0 radical (unpaired) electrons. The van der Waals surface area contributed by atoms with Gasteiger partial charge in [-0.05, 0) is 6.92 Å². The summed E-state index contributed by atoms with van der Waals surface area (Å²) in [5.74, 6) is -1.00. The van der Waals surface area contributed by atoms with Crippen LogP contribution in [0, 0.1) is 6.92 Å². The fourth-order valence-electron chi connectivity index (χ4n) is 1.35. The van der Waals surface area contributed by atoms with Crippen molar-refractivity contribution in [3.05, 3.63) is 17.5 Å². The molecule has 0 aromatic carbocycles. The highest BCUT2D eigenvalue weighted by Gasteiger charge is 2.11. The molecule has 106 valence electrons. The maximum absolute atomic E-state index is 11.4. The van der Waals surface area contributed by atoms with Crippen LogP contribution >= 0.6 is 0 Å². The predicted molar refractivity (Wildman–Crippen MR) is 69.7 cm³/mol. The quantitative estimate of drug-likeness (QED) is 0.637. The Morgan fingerprint density at radius 1 is 1.47 bits per heavy atom. The number of anilines is 1. The molecule has 1 rings (SSSR count). The lowest BCUT2D eigenvalue weighted by atomic mass is 10.2. The van der Waals surface area contributed by atoms with E-state index in [0.717, 1.165) is 0 Å². The maximum atomic E-state index is 11.4. The zero-order valence-electron chi connectivity index (χ0n) is 10.7. The topological polar surface area (TPSA) is 121 Å². The summed E-state index contributed by atoms with van der Waals surface area (Å²) in [6.07, 6.45) is 1.19. The first-order valence-corrected chi connectivity index (χ1v) is 7.29. The molecule has 0 fully saturated rings. The molecule has 3 N–H and O–H groups in total. The van der Waals surface area contributed by atoms with Crippen LogP contribution < -0.4 is 10.0 Å². The standard InChI is InChI=1S/C10H16N4O4S/c1-3-13-19(17,18)5-4-11-10-12-6-8(9(15)16)7(2)14-10/h6,13H,3-5H2,1-2H3,(H,15,16)(H,11,12,14). The van der Waals surface area contributed by atoms with Gasteiger partial charge in [-0.1, -0.05) is 6.92 Å². The number of nitrogens with one attached hydrogen (secondary N) is 2. The number of carboxylic acids is 1. The zero-order valence-corrected chi connectivity index (χ0v) is 11.5. The molecule has 0 unspecified atom stereocenters. The maximum Gasteiger partial charge on any atom is 0.339 e. The number of aromatic carboxylic acids is 1. The van der Waals surface area contributed by atoms with Crippen molar-refractivity contribution < 1.29 is 18.3 Å². The molecule has 1 heterocycles. The van der Waals surface area contributed by atoms with E-state index in [-0.39, 0.29) is 23.8 Å². The van der Waals surface area contributed by atoms with Gasteiger partial charge in [0.2, 0.25) is 16.0 Å². The van der Waals surface area contributed by atoms with Crippen LogP contribution in [0.15, 0.2) is 6.20 Å². The Labute approximate surface area is 111 Å². The Balaban J connectivity index is 2.60. The fourth-order valence-corrected chi connectivity index (χ4v) is 2.31. The number of carbonyl (C=O) groups is 1. The van der Waals surface area contributed by atoms with Crippen molar-refractivity contribution in [2.75, 3.05) is 24.2 Å². The Morgan fingerprint density at radius 3 is 2.68 bits per heavy atom. The number of aryl methyl sites for hydroxylation is 1. The first-order chi connectivity index (χ1) is 8.85. The van der Waals surface area contributed by atoms with Gasteiger partial charge >= 0.3 is 5.97 Å². The second-order valence-corrected chi connectivity index (χ2v) is 5.67. The molecule has 8 nitrogen and oxygen atoms in total. The molecule has 0 saturated carbocycles. The molecule has 0 atom stereocenters. The summed E-state index contributed by atoms with van der Waals surface area (Å²) in [6, 6.07) is 0. The van der Waals surface area contributed by atoms with Crippen LogP contribution in [0.25, 0.3) is 0 Å². The van der Waals surface area contributed by atoms with Crippen molar-refractivity contribution >= 4 is 21.9 Å². The smallest absolute Gasteiger partial charge is 0.339 e. The average molecular weight is 288 g/mol. The molecule has 0 saturated heterocycles. The Bertz CT molecular complexity index is 559. The van der Waals surface area contributed by atoms with Crippen molar-refractivity contribution in [1.82, 2.24) is 14.7 Å². The summed E-state index contributed by atoms with van der Waals surface area (Å²) >= 11 is 0. The zero-order chi connectivity index (χ0) is 14.5. The van der Waals surface area contributed by atoms with Crippen LogP contribution in [0.3, 0.4) is 0 Å². The minimum absolute atomic E-state index is 0.0193. The highest BCUT2D eigenvalue weighted by Crippen LogP contribution is 2.06. The van der Waals surface area contributed by atoms with E-state index in [1.54, 1.807) is 13.8 Å². The molecular formula is C10H16N4O4S. The lowest BCUT2D eigenvalue weighted by Gasteiger charge is -2.07. The minimum Gasteiger partial charge on any atom is -0.478 e. The second-order valence-electron chi connectivity index (χ2n) is 3.74. The molecule has 0 aliphatic rings. The van der Waals surface area contributed by atoms with Gasteiger partial charge in [0.25, 0.3) is 0 Å². The van der Waals surface area contributed by atoms with Crippen LogP contribution in [0.2, 0.25) is 0 Å². The number of hydrogen-bond acceptors (Lipinski definition) is 6. The number of nitrogens with zero attached hydrogens (tertiary/aromatic N) is 2. The highest BCUT2D eigenvalue weighted by atomic mass is 32.2. The van der Waals surface area contributed by atoms with Gasteiger partial charge < -0.3 is 10.4 Å². The molecular weight excluding hydrogens is 272 g/mol. The fraction of sp³-hybridized carbons (Fsp3) is 0.500. The molecule has 0 aliphatic heterocycles. The van der Waals surface area contributed by atoms with E-state index in [1.807, 2.05) is 0 Å². The van der Waals surface area contributed by atoms with Crippen molar-refractivity contribution in [3.8, 4) is 0 Å². The molecule has 0 amide bonds. The monoisotopic (exact) mass is 288 g/mol. The van der Waals surface area contributed by atoms with Crippen LogP contribution in [-0.2, 0) is 10.0 Å². The van der Waals surface area contributed by atoms with E-state index in [4.69, 9.17) is 5.11 Å². The molecule has 19 heavy (non-hydrogen) atoms. The molecule has 1 aromatic heterocycles. The van der Waals surface area contributed by atoms with Crippen molar-refractivity contribution in [3.63, 3.8) is 0 Å². The normalized spacial score (nSPS) is 11.3. The third kappa shape index (κ3) is 4.79. The third-order valence-electron chi connectivity index (χ3n) is 2.23. The molecule has 0 spiro atoms. The predicted octanol–water partition coefficient (Wildman–Crippen LogP) is -0.166. The average Bonchev–Trinajstić information content (AvgIpc) is 2.28. The van der Waals surface area contributed by atoms with Gasteiger partial charge in [0, 0.05) is 19.3 Å². The SMILES string of the molecule is CCNS(=O)(=O)CCNc1ncc(C(=O)O)c(C)n1. The second kappa shape index (κ2) is 6.43. The molecule has 9 heteroatoms. The summed E-state index contributed by atoms with van der Waals surface area (Å²) in [5, 5.41) is 11.5.